The van der Waals surface area contributed by atoms with Crippen molar-refractivity contribution in [3.05, 3.63) is 101 Å². The number of amides is 1. The number of carbonyl (C=O) groups excluding carboxylic acids is 1. The summed E-state index contributed by atoms with van der Waals surface area (Å²) in [6.45, 7) is 4.69. The number of benzene rings is 3. The Morgan fingerprint density at radius 3 is 2.40 bits per heavy atom. The van der Waals surface area contributed by atoms with Gasteiger partial charge in [-0.2, -0.15) is 0 Å². The Hall–Kier alpha value is -3.19. The van der Waals surface area contributed by atoms with Gasteiger partial charge >= 0.3 is 0 Å². The van der Waals surface area contributed by atoms with Crippen molar-refractivity contribution >= 4 is 5.91 Å². The molecule has 0 spiro atoms. The summed E-state index contributed by atoms with van der Waals surface area (Å²) in [6.07, 6.45) is 1.17. The van der Waals surface area contributed by atoms with Gasteiger partial charge in [-0.15, -0.1) is 0 Å². The molecule has 35 heavy (non-hydrogen) atoms. The number of nitrogens with one attached hydrogen (secondary N) is 2. The van der Waals surface area contributed by atoms with Crippen molar-refractivity contribution < 1.29 is 20.1 Å². The molecule has 0 radical (unpaired) electrons. The molecule has 0 saturated heterocycles. The van der Waals surface area contributed by atoms with Crippen molar-refractivity contribution in [2.75, 3.05) is 6.54 Å². The molecule has 186 valence electrons. The number of phenols is 1. The van der Waals surface area contributed by atoms with Crippen LogP contribution in [-0.4, -0.2) is 33.3 Å². The Kier molecular flexibility index (Phi) is 9.43. The zero-order valence-corrected chi connectivity index (χ0v) is 20.5. The third-order valence-corrected chi connectivity index (χ3v) is 6.04. The van der Waals surface area contributed by atoms with Gasteiger partial charge in [0.25, 0.3) is 0 Å². The van der Waals surface area contributed by atoms with E-state index in [-0.39, 0.29) is 23.8 Å². The van der Waals surface area contributed by atoms with Crippen LogP contribution < -0.4 is 10.6 Å². The topological polar surface area (TPSA) is 102 Å². The summed E-state index contributed by atoms with van der Waals surface area (Å²) >= 11 is 0. The fourth-order valence-corrected chi connectivity index (χ4v) is 4.04. The minimum Gasteiger partial charge on any atom is -0.508 e. The van der Waals surface area contributed by atoms with Crippen LogP contribution in [0.5, 0.6) is 5.75 Å². The maximum atomic E-state index is 12.3. The van der Waals surface area contributed by atoms with Gasteiger partial charge in [0.15, 0.2) is 0 Å². The SMILES string of the molecule is CC(C)(Cc1cccc(CNC(=O)CCc2ccccc2)c1)NC[C@H](O)c1ccc(O)c(CO)c1. The van der Waals surface area contributed by atoms with Gasteiger partial charge < -0.3 is 26.0 Å². The van der Waals surface area contributed by atoms with Crippen molar-refractivity contribution in [3.8, 4) is 5.75 Å². The number of aliphatic hydroxyl groups excluding tert-OH is 2. The van der Waals surface area contributed by atoms with E-state index >= 15 is 0 Å². The number of aryl methyl sites for hydroxylation is 1. The molecule has 0 aliphatic heterocycles. The van der Waals surface area contributed by atoms with E-state index in [9.17, 15) is 20.1 Å². The lowest BCUT2D eigenvalue weighted by Gasteiger charge is -2.28. The first-order valence-electron chi connectivity index (χ1n) is 12.0. The number of hydrogen-bond donors (Lipinski definition) is 5. The third kappa shape index (κ3) is 8.51. The van der Waals surface area contributed by atoms with Gasteiger partial charge in [0.05, 0.1) is 12.7 Å². The van der Waals surface area contributed by atoms with Crippen LogP contribution in [0.4, 0.5) is 0 Å². The Labute approximate surface area is 207 Å². The van der Waals surface area contributed by atoms with Gasteiger partial charge in [-0.1, -0.05) is 60.7 Å². The van der Waals surface area contributed by atoms with Crippen LogP contribution in [0.15, 0.2) is 72.8 Å². The first kappa shape index (κ1) is 26.4. The summed E-state index contributed by atoms with van der Waals surface area (Å²) in [5, 5.41) is 36.1. The van der Waals surface area contributed by atoms with Crippen LogP contribution in [0.1, 0.15) is 54.2 Å². The molecule has 5 N–H and O–H groups in total. The first-order valence-corrected chi connectivity index (χ1v) is 12.0. The van der Waals surface area contributed by atoms with Crippen molar-refractivity contribution in [2.45, 2.75) is 57.9 Å². The molecular weight excluding hydrogens is 440 g/mol. The van der Waals surface area contributed by atoms with Gasteiger partial charge in [-0.3, -0.25) is 4.79 Å². The molecule has 3 rings (SSSR count). The van der Waals surface area contributed by atoms with E-state index in [1.54, 1.807) is 12.1 Å². The van der Waals surface area contributed by atoms with Crippen molar-refractivity contribution in [1.29, 1.82) is 0 Å². The number of aromatic hydroxyl groups is 1. The summed E-state index contributed by atoms with van der Waals surface area (Å²) in [5.41, 5.74) is 4.09. The van der Waals surface area contributed by atoms with Crippen LogP contribution in [0.3, 0.4) is 0 Å². The maximum Gasteiger partial charge on any atom is 0.220 e. The van der Waals surface area contributed by atoms with Crippen molar-refractivity contribution in [3.63, 3.8) is 0 Å². The van der Waals surface area contributed by atoms with Gasteiger partial charge in [-0.05, 0) is 61.1 Å². The minimum absolute atomic E-state index is 0.0176. The zero-order chi connectivity index (χ0) is 25.3. The Balaban J connectivity index is 1.48. The second-order valence-corrected chi connectivity index (χ2v) is 9.59. The second-order valence-electron chi connectivity index (χ2n) is 9.59. The van der Waals surface area contributed by atoms with Gasteiger partial charge in [0.2, 0.25) is 5.91 Å². The van der Waals surface area contributed by atoms with E-state index in [4.69, 9.17) is 0 Å². The van der Waals surface area contributed by atoms with Crippen molar-refractivity contribution in [2.24, 2.45) is 0 Å². The quantitative estimate of drug-likeness (QED) is 0.274. The van der Waals surface area contributed by atoms with Crippen LogP contribution in [-0.2, 0) is 30.8 Å². The van der Waals surface area contributed by atoms with Crippen molar-refractivity contribution in [1.82, 2.24) is 10.6 Å². The van der Waals surface area contributed by atoms with Crippen LogP contribution >= 0.6 is 0 Å². The Morgan fingerprint density at radius 1 is 0.943 bits per heavy atom. The van der Waals surface area contributed by atoms with E-state index in [1.165, 1.54) is 6.07 Å². The highest BCUT2D eigenvalue weighted by atomic mass is 16.3. The fraction of sp³-hybridized carbons (Fsp3) is 0.345. The number of rotatable bonds is 12. The van der Waals surface area contributed by atoms with Crippen LogP contribution in [0.2, 0.25) is 0 Å². The monoisotopic (exact) mass is 476 g/mol. The largest absolute Gasteiger partial charge is 0.508 e. The number of aliphatic hydroxyl groups is 2. The highest BCUT2D eigenvalue weighted by Crippen LogP contribution is 2.23. The summed E-state index contributed by atoms with van der Waals surface area (Å²) in [7, 11) is 0. The zero-order valence-electron chi connectivity index (χ0n) is 20.5. The number of carbonyl (C=O) groups is 1. The molecule has 0 saturated carbocycles. The molecule has 3 aromatic carbocycles. The molecule has 0 bridgehead atoms. The Morgan fingerprint density at radius 2 is 1.66 bits per heavy atom. The first-order chi connectivity index (χ1) is 16.8. The second kappa shape index (κ2) is 12.5. The van der Waals surface area contributed by atoms with Crippen LogP contribution in [0, 0.1) is 0 Å². The lowest BCUT2D eigenvalue weighted by atomic mass is 9.93. The lowest BCUT2D eigenvalue weighted by molar-refractivity contribution is -0.121. The average Bonchev–Trinajstić information content (AvgIpc) is 2.85. The molecule has 0 aromatic heterocycles. The summed E-state index contributed by atoms with van der Waals surface area (Å²) in [6, 6.07) is 22.9. The van der Waals surface area contributed by atoms with E-state index in [2.05, 4.69) is 36.6 Å². The summed E-state index contributed by atoms with van der Waals surface area (Å²) < 4.78 is 0. The molecule has 1 atom stereocenters. The minimum atomic E-state index is -0.766. The molecule has 1 amide bonds. The maximum absolute atomic E-state index is 12.3. The summed E-state index contributed by atoms with van der Waals surface area (Å²) in [4.78, 5) is 12.3. The van der Waals surface area contributed by atoms with E-state index in [0.717, 1.165) is 29.5 Å². The molecule has 0 aliphatic carbocycles. The van der Waals surface area contributed by atoms with Gasteiger partial charge in [0, 0.05) is 30.6 Å². The molecule has 0 heterocycles. The molecule has 6 heteroatoms. The summed E-state index contributed by atoms with van der Waals surface area (Å²) in [5.74, 6) is 0.0535. The normalized spacial score (nSPS) is 12.3. The average molecular weight is 477 g/mol. The predicted molar refractivity (Wildman–Crippen MR) is 138 cm³/mol. The highest BCUT2D eigenvalue weighted by Gasteiger charge is 2.20. The fourth-order valence-electron chi connectivity index (χ4n) is 4.04. The molecular formula is C29H36N2O4. The number of hydrogen-bond acceptors (Lipinski definition) is 5. The smallest absolute Gasteiger partial charge is 0.220 e. The third-order valence-electron chi connectivity index (χ3n) is 6.04. The molecule has 0 fully saturated rings. The highest BCUT2D eigenvalue weighted by molar-refractivity contribution is 5.76. The molecule has 6 nitrogen and oxygen atoms in total. The molecule has 0 unspecified atom stereocenters. The van der Waals surface area contributed by atoms with Gasteiger partial charge in [-0.25, -0.2) is 0 Å². The predicted octanol–water partition coefficient (Wildman–Crippen LogP) is 3.78. The van der Waals surface area contributed by atoms with E-state index in [1.807, 2.05) is 42.5 Å². The van der Waals surface area contributed by atoms with E-state index in [0.29, 0.717) is 30.6 Å². The van der Waals surface area contributed by atoms with Gasteiger partial charge in [0.1, 0.15) is 5.75 Å². The molecule has 3 aromatic rings. The lowest BCUT2D eigenvalue weighted by Crippen LogP contribution is -2.43. The van der Waals surface area contributed by atoms with Crippen LogP contribution in [0.25, 0.3) is 0 Å². The number of β-amino-alcohol motifs (C(OH)–C–C–N with tert-alkyl or cyclic N) is 1. The standard InChI is InChI=1S/C29H36N2O4/c1-29(2,31-19-27(34)24-12-13-26(33)25(16-24)20-32)17-22-9-6-10-23(15-22)18-30-28(35)14-11-21-7-4-3-5-8-21/h3-10,12-13,15-16,27,31-34H,11,14,17-20H2,1-2H3,(H,30,35)/t27-/m0/s1. The molecule has 0 aliphatic rings. The Bertz CT molecular complexity index is 1100. The van der Waals surface area contributed by atoms with E-state index < -0.39 is 6.10 Å².